The molecule has 8 rings (SSSR count). The van der Waals surface area contributed by atoms with Crippen molar-refractivity contribution in [3.8, 4) is 67.8 Å². The van der Waals surface area contributed by atoms with Crippen molar-refractivity contribution >= 4 is 21.5 Å². The van der Waals surface area contributed by atoms with Gasteiger partial charge in [-0.2, -0.15) is 10.5 Å². The predicted molar refractivity (Wildman–Crippen MR) is 194 cm³/mol. The van der Waals surface area contributed by atoms with Gasteiger partial charge in [0.2, 0.25) is 0 Å². The molecule has 0 saturated carbocycles. The summed E-state index contributed by atoms with van der Waals surface area (Å²) in [6.07, 6.45) is 3.35. The van der Waals surface area contributed by atoms with Crippen LogP contribution in [0.2, 0.25) is 0 Å². The molecule has 0 unspecified atom stereocenters. The highest BCUT2D eigenvalue weighted by Crippen LogP contribution is 2.41. The van der Waals surface area contributed by atoms with E-state index in [4.69, 9.17) is 0 Å². The molecule has 0 spiro atoms. The first-order valence-corrected chi connectivity index (χ1v) is 15.7. The van der Waals surface area contributed by atoms with Crippen LogP contribution in [0.5, 0.6) is 0 Å². The van der Waals surface area contributed by atoms with E-state index in [1.165, 1.54) is 43.8 Å². The molecule has 0 fully saturated rings. The molecule has 222 valence electrons. The Morgan fingerprint density at radius 3 is 1.04 bits per heavy atom. The maximum atomic E-state index is 9.27. The molecule has 2 heterocycles. The molecule has 2 aromatic heterocycles. The number of benzene rings is 6. The Balaban J connectivity index is 1.18. The van der Waals surface area contributed by atoms with Crippen LogP contribution in [-0.4, -0.2) is 9.97 Å². The smallest absolute Gasteiger partial charge is 0.141 e. The number of nitriles is 2. The molecule has 6 aromatic carbocycles. The van der Waals surface area contributed by atoms with Crippen LogP contribution in [0.1, 0.15) is 11.4 Å². The Bertz CT molecular complexity index is 2390. The van der Waals surface area contributed by atoms with Crippen molar-refractivity contribution in [3.05, 3.63) is 169 Å². The van der Waals surface area contributed by atoms with Gasteiger partial charge in [-0.25, -0.2) is 9.97 Å². The molecule has 0 aliphatic carbocycles. The van der Waals surface area contributed by atoms with Crippen LogP contribution in [0.4, 0.5) is 0 Å². The normalized spacial score (nSPS) is 10.9. The number of hydrogen-bond donors (Lipinski definition) is 0. The first-order valence-electron chi connectivity index (χ1n) is 15.7. The third-order valence-electron chi connectivity index (χ3n) is 8.95. The molecule has 0 N–H and O–H groups in total. The molecule has 4 heteroatoms. The molecule has 0 bridgehead atoms. The van der Waals surface area contributed by atoms with Gasteiger partial charge in [-0.1, -0.05) is 121 Å². The molecular weight excluding hydrogens is 585 g/mol. The second-order valence-corrected chi connectivity index (χ2v) is 11.7. The largest absolute Gasteiger partial charge is 0.246 e. The van der Waals surface area contributed by atoms with Gasteiger partial charge in [0.05, 0.1) is 0 Å². The zero-order valence-corrected chi connectivity index (χ0v) is 25.8. The zero-order valence-electron chi connectivity index (χ0n) is 25.8. The number of pyridine rings is 2. The van der Waals surface area contributed by atoms with Crippen LogP contribution < -0.4 is 0 Å². The second kappa shape index (κ2) is 12.1. The summed E-state index contributed by atoms with van der Waals surface area (Å²) >= 11 is 0. The summed E-state index contributed by atoms with van der Waals surface area (Å²) in [4.78, 5) is 8.20. The molecule has 0 amide bonds. The fourth-order valence-corrected chi connectivity index (χ4v) is 6.60. The van der Waals surface area contributed by atoms with Gasteiger partial charge >= 0.3 is 0 Å². The summed E-state index contributed by atoms with van der Waals surface area (Å²) in [5.41, 5.74) is 11.9. The van der Waals surface area contributed by atoms with Gasteiger partial charge in [0.25, 0.3) is 0 Å². The highest BCUT2D eigenvalue weighted by molar-refractivity contribution is 6.12. The van der Waals surface area contributed by atoms with Crippen LogP contribution >= 0.6 is 0 Å². The zero-order chi connectivity index (χ0) is 32.5. The number of aromatic nitrogens is 2. The maximum absolute atomic E-state index is 9.27. The Labute approximate surface area is 278 Å². The van der Waals surface area contributed by atoms with E-state index in [2.05, 4.69) is 143 Å². The number of fused-ring (bicyclic) bond motifs is 2. The van der Waals surface area contributed by atoms with Crippen molar-refractivity contribution < 1.29 is 0 Å². The fourth-order valence-electron chi connectivity index (χ4n) is 6.60. The Kier molecular flexibility index (Phi) is 7.23. The minimum atomic E-state index is 0.411. The van der Waals surface area contributed by atoms with Crippen molar-refractivity contribution in [1.29, 1.82) is 10.5 Å². The summed E-state index contributed by atoms with van der Waals surface area (Å²) in [6, 6.07) is 54.9. The predicted octanol–water partition coefficient (Wildman–Crippen LogP) is 10.9. The van der Waals surface area contributed by atoms with Gasteiger partial charge in [-0.3, -0.25) is 0 Å². The molecule has 0 atom stereocenters. The molecule has 48 heavy (non-hydrogen) atoms. The van der Waals surface area contributed by atoms with Crippen LogP contribution in [0, 0.1) is 22.7 Å². The Morgan fingerprint density at radius 1 is 0.333 bits per heavy atom. The van der Waals surface area contributed by atoms with Gasteiger partial charge < -0.3 is 0 Å². The third-order valence-corrected chi connectivity index (χ3v) is 8.95. The van der Waals surface area contributed by atoms with Gasteiger partial charge in [0, 0.05) is 12.4 Å². The SMILES string of the molecule is N#Cc1cc(-c2ccc(-c3ccc(-c4ccc(-c5ccc(-c6ccnc(C#N)c6)cc5)c5ccccc45)c4ccccc34)cc2)ccn1. The van der Waals surface area contributed by atoms with E-state index in [1.807, 2.05) is 24.3 Å². The lowest BCUT2D eigenvalue weighted by Crippen LogP contribution is -1.90. The van der Waals surface area contributed by atoms with Crippen LogP contribution in [0.25, 0.3) is 77.2 Å². The van der Waals surface area contributed by atoms with E-state index >= 15 is 0 Å². The lowest BCUT2D eigenvalue weighted by atomic mass is 9.87. The van der Waals surface area contributed by atoms with Crippen LogP contribution in [0.15, 0.2) is 158 Å². The van der Waals surface area contributed by atoms with Gasteiger partial charge in [-0.05, 0) is 101 Å². The van der Waals surface area contributed by atoms with Crippen molar-refractivity contribution in [1.82, 2.24) is 9.97 Å². The summed E-state index contributed by atoms with van der Waals surface area (Å²) in [5, 5.41) is 23.3. The highest BCUT2D eigenvalue weighted by Gasteiger charge is 2.14. The first-order chi connectivity index (χ1) is 23.7. The second-order valence-electron chi connectivity index (χ2n) is 11.7. The van der Waals surface area contributed by atoms with Gasteiger partial charge in [0.1, 0.15) is 23.5 Å². The van der Waals surface area contributed by atoms with Crippen molar-refractivity contribution in [2.75, 3.05) is 0 Å². The van der Waals surface area contributed by atoms with Gasteiger partial charge in [0.15, 0.2) is 0 Å². The molecule has 0 aliphatic heterocycles. The monoisotopic (exact) mass is 610 g/mol. The summed E-state index contributed by atoms with van der Waals surface area (Å²) < 4.78 is 0. The number of rotatable bonds is 5. The van der Waals surface area contributed by atoms with E-state index in [1.54, 1.807) is 12.4 Å². The quantitative estimate of drug-likeness (QED) is 0.194. The standard InChI is InChI=1S/C44H26N4/c45-27-35-25-33(21-23-47-35)29-9-13-31(14-10-29)37-17-19-43(41-7-3-1-5-39(37)41)44-20-18-38(40-6-2-4-8-42(40)44)32-15-11-30(12-16-32)34-22-24-48-36(26-34)28-46/h1-26H. The minimum Gasteiger partial charge on any atom is -0.246 e. The van der Waals surface area contributed by atoms with E-state index in [0.717, 1.165) is 33.4 Å². The van der Waals surface area contributed by atoms with E-state index < -0.39 is 0 Å². The molecule has 8 aromatic rings. The minimum absolute atomic E-state index is 0.411. The topological polar surface area (TPSA) is 73.4 Å². The van der Waals surface area contributed by atoms with Crippen molar-refractivity contribution in [3.63, 3.8) is 0 Å². The van der Waals surface area contributed by atoms with E-state index in [0.29, 0.717) is 11.4 Å². The fraction of sp³-hybridized carbons (Fsp3) is 0. The maximum Gasteiger partial charge on any atom is 0.141 e. The van der Waals surface area contributed by atoms with E-state index in [9.17, 15) is 10.5 Å². The highest BCUT2D eigenvalue weighted by atomic mass is 14.7. The lowest BCUT2D eigenvalue weighted by molar-refractivity contribution is 1.26. The average molecular weight is 611 g/mol. The molecule has 0 saturated heterocycles. The Morgan fingerprint density at radius 2 is 0.667 bits per heavy atom. The Hall–Kier alpha value is -6.88. The van der Waals surface area contributed by atoms with Gasteiger partial charge in [-0.15, -0.1) is 0 Å². The van der Waals surface area contributed by atoms with Crippen molar-refractivity contribution in [2.24, 2.45) is 0 Å². The van der Waals surface area contributed by atoms with Crippen LogP contribution in [0.3, 0.4) is 0 Å². The summed E-state index contributed by atoms with van der Waals surface area (Å²) in [7, 11) is 0. The number of hydrogen-bond acceptors (Lipinski definition) is 4. The van der Waals surface area contributed by atoms with E-state index in [-0.39, 0.29) is 0 Å². The number of nitrogens with zero attached hydrogens (tertiary/aromatic N) is 4. The molecular formula is C44H26N4. The molecule has 4 nitrogen and oxygen atoms in total. The molecule has 0 aliphatic rings. The third kappa shape index (κ3) is 5.14. The molecule has 0 radical (unpaired) electrons. The summed E-state index contributed by atoms with van der Waals surface area (Å²) in [5.74, 6) is 0. The lowest BCUT2D eigenvalue weighted by Gasteiger charge is -2.16. The van der Waals surface area contributed by atoms with Crippen LogP contribution in [-0.2, 0) is 0 Å². The first kappa shape index (κ1) is 28.6. The average Bonchev–Trinajstić information content (AvgIpc) is 3.17. The summed E-state index contributed by atoms with van der Waals surface area (Å²) in [6.45, 7) is 0. The van der Waals surface area contributed by atoms with Crippen molar-refractivity contribution in [2.45, 2.75) is 0 Å².